The van der Waals surface area contributed by atoms with Crippen LogP contribution >= 0.6 is 0 Å². The highest BCUT2D eigenvalue weighted by Crippen LogP contribution is 2.70. The largest absolute Gasteiger partial charge is 0.504 e. The van der Waals surface area contributed by atoms with Gasteiger partial charge in [-0.3, -0.25) is 24.0 Å². The van der Waals surface area contributed by atoms with Crippen molar-refractivity contribution in [1.29, 1.82) is 0 Å². The number of phenolic OH excluding ortho intramolecular Hbond substituents is 2. The number of nitrogens with zero attached hydrogens (tertiary/aromatic N) is 5. The zero-order valence-electron chi connectivity index (χ0n) is 65.1. The van der Waals surface area contributed by atoms with Gasteiger partial charge in [-0.05, 0) is 228 Å². The van der Waals surface area contributed by atoms with E-state index in [-0.39, 0.29) is 124 Å². The minimum absolute atomic E-state index is 0. The molecule has 5 aromatic carbocycles. The molecule has 10 heterocycles. The number of rotatable bonds is 3. The van der Waals surface area contributed by atoms with Crippen molar-refractivity contribution in [3.8, 4) is 57.5 Å². The molecule has 4 saturated carbocycles. The standard InChI is InChI=1S/C19H21NO4.C18H21NO4.C18H21NO3.C17H19NO4.C17H19NO3.5CH4/c1-10(21)23-15-6-3-11-9-13-12-4-5-14(22)18-19(12,7-8-20(13)2)16(11)17(15)24-18;1-19-8-7-17-14-10-3-4-12(22-2)15(14)23-16(17)11(20)5-6-18(17,21)13(19)9-10;1-19-8-7-18-11-4-5-13(20)17(18)22-16-14(21-2)6-3-10(15(16)18)9-12(11)19;1-18-7-6-16-13-9-2-3-10(19)14(13)22-15(16)11(20)4-5-17(16,21)12(18)8-9;1-18-7-6-17-10-3-5-13(20)16(17)21-15-12(19)4-2-9(14(15)17)8-11(10)18;;;;;/h3-6,12-14,18,22H,7-9H2,1-2H3;3-4,13,16,21H,5-9H2,1-2H3;3,6,11-12,17H,4-5,7-9H2,1-2H3;2-3,12,15,19,21H,4-8H2,1H3;2,4,10-11,16,19H,3,5-8H2,1H3;5*1H4/t12?,13-,14?,18?,19+;13-,16?,17+,18?;11?,12-,17?,18+;12-,15?,16+,17?;10?,11-,16?,17+;;;;;/m11111...../s1. The van der Waals surface area contributed by atoms with Crippen LogP contribution in [-0.2, 0) is 83.2 Å². The van der Waals surface area contributed by atoms with Crippen LogP contribution in [-0.4, -0.2) is 239 Å². The molecule has 9 fully saturated rings. The minimum atomic E-state index is -0.954. The van der Waals surface area contributed by atoms with E-state index in [0.717, 1.165) is 137 Å². The zero-order chi connectivity index (χ0) is 77.3. The number of methoxy groups -OCH3 is 2. The Morgan fingerprint density at radius 1 is 0.419 bits per heavy atom. The van der Waals surface area contributed by atoms with E-state index in [0.29, 0.717) is 115 Å². The predicted molar refractivity (Wildman–Crippen MR) is 440 cm³/mol. The summed E-state index contributed by atoms with van der Waals surface area (Å²) in [6.07, 6.45) is 15.2. The molecule has 23 heteroatoms. The molecule has 0 radical (unpaired) electrons. The summed E-state index contributed by atoms with van der Waals surface area (Å²) in [7, 11) is 14.0. The summed E-state index contributed by atoms with van der Waals surface area (Å²) in [6, 6.07) is 20.9. The van der Waals surface area contributed by atoms with Crippen molar-refractivity contribution >= 4 is 29.1 Å². The summed E-state index contributed by atoms with van der Waals surface area (Å²) in [4.78, 5) is 73.6. The third-order valence-corrected chi connectivity index (χ3v) is 32.6. The molecule has 11 unspecified atom stereocenters. The first-order valence-electron chi connectivity index (χ1n) is 41.1. The molecule has 20 aliphatic rings. The van der Waals surface area contributed by atoms with E-state index >= 15 is 0 Å². The number of likely N-dealkylation sites (tertiary alicyclic amines) is 5. The molecule has 10 aliphatic carbocycles. The second kappa shape index (κ2) is 28.2. The maximum Gasteiger partial charge on any atom is 0.308 e. The number of piperidine rings is 5. The number of hydrogen-bond acceptors (Lipinski definition) is 23. The lowest BCUT2D eigenvalue weighted by Crippen LogP contribution is -2.76. The van der Waals surface area contributed by atoms with Crippen molar-refractivity contribution in [1.82, 2.24) is 24.5 Å². The van der Waals surface area contributed by atoms with Crippen LogP contribution in [0.4, 0.5) is 0 Å². The van der Waals surface area contributed by atoms with Crippen LogP contribution in [0.2, 0.25) is 0 Å². The number of aromatic hydroxyl groups is 2. The van der Waals surface area contributed by atoms with Crippen molar-refractivity contribution in [3.63, 3.8) is 0 Å². The molecule has 10 bridgehead atoms. The van der Waals surface area contributed by atoms with Gasteiger partial charge in [0.05, 0.1) is 36.3 Å². The van der Waals surface area contributed by atoms with Crippen LogP contribution in [0.5, 0.6) is 57.5 Å². The third-order valence-electron chi connectivity index (χ3n) is 32.6. The number of phenols is 2. The van der Waals surface area contributed by atoms with Gasteiger partial charge in [0.25, 0.3) is 0 Å². The number of likely N-dealkylation sites (N-methyl/N-ethyl adjacent to an activating group) is 5. The Balaban J connectivity index is 0.000000108. The fourth-order valence-electron chi connectivity index (χ4n) is 27.9. The van der Waals surface area contributed by atoms with Gasteiger partial charge in [0.2, 0.25) is 0 Å². The molecule has 5 saturated heterocycles. The van der Waals surface area contributed by atoms with Crippen LogP contribution in [0.3, 0.4) is 0 Å². The van der Waals surface area contributed by atoms with Crippen LogP contribution in [0, 0.1) is 17.8 Å². The monoisotopic (exact) mass is 1610 g/mol. The van der Waals surface area contributed by atoms with E-state index in [1.165, 1.54) is 40.3 Å². The fourth-order valence-corrected chi connectivity index (χ4v) is 27.9. The Labute approximate surface area is 688 Å². The van der Waals surface area contributed by atoms with E-state index in [1.54, 1.807) is 26.4 Å². The quantitative estimate of drug-likeness (QED) is 0.0638. The lowest BCUT2D eigenvalue weighted by Gasteiger charge is -2.62. The van der Waals surface area contributed by atoms with Crippen molar-refractivity contribution in [2.24, 2.45) is 17.8 Å². The molecule has 23 nitrogen and oxygen atoms in total. The summed E-state index contributed by atoms with van der Waals surface area (Å²) < 4.78 is 47.0. The van der Waals surface area contributed by atoms with Gasteiger partial charge >= 0.3 is 5.97 Å². The Bertz CT molecular complexity index is 4990. The summed E-state index contributed by atoms with van der Waals surface area (Å²) in [5.74, 6) is 7.11. The van der Waals surface area contributed by atoms with E-state index in [1.807, 2.05) is 43.5 Å². The van der Waals surface area contributed by atoms with Gasteiger partial charge in [0.1, 0.15) is 12.2 Å². The topological polar surface area (TPSA) is 277 Å². The first-order valence-corrected chi connectivity index (χ1v) is 41.1. The minimum Gasteiger partial charge on any atom is -0.504 e. The van der Waals surface area contributed by atoms with E-state index in [9.17, 15) is 49.5 Å². The number of benzene rings is 5. The molecule has 10 aliphatic heterocycles. The smallest absolute Gasteiger partial charge is 0.308 e. The lowest BCUT2D eigenvalue weighted by atomic mass is 9.49. The molecule has 630 valence electrons. The number of carbonyl (C=O) groups is 5. The first kappa shape index (κ1) is 82.6. The Kier molecular flexibility index (Phi) is 19.9. The van der Waals surface area contributed by atoms with Gasteiger partial charge in [0.15, 0.2) is 105 Å². The van der Waals surface area contributed by atoms with Gasteiger partial charge in [-0.15, -0.1) is 0 Å². The van der Waals surface area contributed by atoms with Crippen molar-refractivity contribution in [3.05, 3.63) is 128 Å². The SMILES string of the molecule is C.C.C.C.C.CC(=O)Oc1ccc2c3c1OC1C(O)C=CC4[C@@H](C2)N(C)CC[C@]314.CN1CC[C@]23c4c5ccc(O)c4OC2C(=O)CCC3(O)[C@H]1C5.CN1CC[C@]23c4c5ccc(O)c4OC2C(=O)CCC3[C@H]1C5.COc1ccc2c3c1OC1C(=O)CCC4(O)[C@@H](C2)N(C)CC[C@]314.COc1ccc2c3c1OC1C(=O)CCC4[C@@H](C2)N(C)CC[C@]314. The number of ketones is 4. The van der Waals surface area contributed by atoms with Gasteiger partial charge in [0, 0.05) is 113 Å². The second-order valence-corrected chi connectivity index (χ2v) is 36.6. The number of aliphatic hydroxyl groups is 3. The van der Waals surface area contributed by atoms with Gasteiger partial charge in [-0.2, -0.15) is 0 Å². The molecule has 5 N–H and O–H groups in total. The molecular formula is C94H121N5O18. The molecule has 0 amide bonds. The summed E-state index contributed by atoms with van der Waals surface area (Å²) in [6.45, 7) is 6.13. The van der Waals surface area contributed by atoms with Gasteiger partial charge < -0.3 is 87.9 Å². The van der Waals surface area contributed by atoms with Crippen LogP contribution in [0.15, 0.2) is 72.8 Å². The van der Waals surface area contributed by atoms with Crippen LogP contribution in [0.25, 0.3) is 0 Å². The van der Waals surface area contributed by atoms with Crippen LogP contribution < -0.4 is 37.9 Å². The van der Waals surface area contributed by atoms with Gasteiger partial charge in [-0.1, -0.05) is 79.6 Å². The van der Waals surface area contributed by atoms with Gasteiger partial charge in [-0.25, -0.2) is 0 Å². The molecular weight excluding hydrogens is 1490 g/mol. The number of aliphatic hydroxyl groups excluding tert-OH is 1. The van der Waals surface area contributed by atoms with E-state index in [2.05, 4.69) is 77.0 Å². The Morgan fingerprint density at radius 3 is 1.28 bits per heavy atom. The summed E-state index contributed by atoms with van der Waals surface area (Å²) in [5.41, 5.74) is 8.17. The molecule has 5 spiro atoms. The third kappa shape index (κ3) is 10.3. The molecule has 25 rings (SSSR count). The predicted octanol–water partition coefficient (Wildman–Crippen LogP) is 9.96. The fraction of sp³-hybridized carbons (Fsp3) is 0.606. The maximum absolute atomic E-state index is 12.7. The molecule has 21 atom stereocenters. The lowest BCUT2D eigenvalue weighted by molar-refractivity contribution is -0.185. The normalized spacial score (nSPS) is 38.1. The average Bonchev–Trinajstić information content (AvgIpc) is 1.58. The number of hydrogen-bond donors (Lipinski definition) is 5. The zero-order valence-corrected chi connectivity index (χ0v) is 65.1. The number of carbonyl (C=O) groups excluding carboxylic acids is 5. The first-order chi connectivity index (χ1) is 53.8. The number of Topliss-reactive ketones (excluding diaryl/α,β-unsaturated/α-hetero) is 4. The van der Waals surface area contributed by atoms with E-state index in [4.69, 9.17) is 37.9 Å². The molecule has 5 aromatic rings. The summed E-state index contributed by atoms with van der Waals surface area (Å²) >= 11 is 0. The highest BCUT2D eigenvalue weighted by molar-refractivity contribution is 5.92. The highest BCUT2D eigenvalue weighted by Gasteiger charge is 2.76. The second-order valence-electron chi connectivity index (χ2n) is 36.6. The number of esters is 1. The maximum atomic E-state index is 12.7. The Morgan fingerprint density at radius 2 is 0.786 bits per heavy atom. The number of ether oxygens (including phenoxy) is 8. The van der Waals surface area contributed by atoms with E-state index < -0.39 is 40.3 Å². The Hall–Kier alpha value is -8.13. The van der Waals surface area contributed by atoms with Crippen molar-refractivity contribution in [2.45, 2.75) is 265 Å². The summed E-state index contributed by atoms with van der Waals surface area (Å²) in [5, 5.41) is 54.4. The molecule has 117 heavy (non-hydrogen) atoms. The molecule has 0 aromatic heterocycles. The van der Waals surface area contributed by atoms with Crippen LogP contribution in [0.1, 0.15) is 183 Å². The van der Waals surface area contributed by atoms with Crippen molar-refractivity contribution < 1.29 is 87.4 Å². The average molecular weight is 1610 g/mol. The van der Waals surface area contributed by atoms with Crippen molar-refractivity contribution in [2.75, 3.05) is 82.2 Å². The highest BCUT2D eigenvalue weighted by atomic mass is 16.6.